The monoisotopic (exact) mass is 399 g/mol. The van der Waals surface area contributed by atoms with Gasteiger partial charge in [-0.05, 0) is 35.9 Å². The van der Waals surface area contributed by atoms with E-state index >= 15 is 0 Å². The molecule has 2 aromatic heterocycles. The molecule has 29 heavy (non-hydrogen) atoms. The summed E-state index contributed by atoms with van der Waals surface area (Å²) in [5.74, 6) is 0.268. The number of hydrogen-bond acceptors (Lipinski definition) is 4. The molecule has 4 aromatic rings. The van der Waals surface area contributed by atoms with Crippen molar-refractivity contribution in [1.29, 1.82) is 5.26 Å². The molecule has 7 heteroatoms. The highest BCUT2D eigenvalue weighted by molar-refractivity contribution is 6.33. The Kier molecular flexibility index (Phi) is 5.06. The summed E-state index contributed by atoms with van der Waals surface area (Å²) < 4.78 is 0. The van der Waals surface area contributed by atoms with Gasteiger partial charge in [0, 0.05) is 17.4 Å². The third-order valence-electron chi connectivity index (χ3n) is 4.28. The van der Waals surface area contributed by atoms with Gasteiger partial charge in [-0.3, -0.25) is 4.79 Å². The number of benzene rings is 2. The van der Waals surface area contributed by atoms with Crippen LogP contribution >= 0.6 is 11.6 Å². The number of nitrogens with zero attached hydrogens (tertiary/aromatic N) is 3. The van der Waals surface area contributed by atoms with Gasteiger partial charge >= 0.3 is 0 Å². The van der Waals surface area contributed by atoms with E-state index in [0.717, 1.165) is 11.3 Å². The number of pyridine rings is 1. The Hall–Kier alpha value is -3.95. The lowest BCUT2D eigenvalue weighted by Gasteiger charge is -2.08. The molecule has 6 nitrogen and oxygen atoms in total. The number of amides is 1. The van der Waals surface area contributed by atoms with Crippen LogP contribution in [0, 0.1) is 11.3 Å². The molecule has 0 radical (unpaired) electrons. The fourth-order valence-corrected chi connectivity index (χ4v) is 3.01. The molecule has 0 aliphatic rings. The van der Waals surface area contributed by atoms with Crippen molar-refractivity contribution in [3.63, 3.8) is 0 Å². The molecule has 0 aliphatic carbocycles. The number of carbonyl (C=O) groups excluding carboxylic acids is 1. The standard InChI is InChI=1S/C22H14ClN5O/c23-19-9-8-16(27-22(29)15-6-7-17(11-24)25-12-15)10-18(19)21-26-13-20(28-21)14-4-2-1-3-5-14/h1-10,12-13H,(H,26,28)(H,27,29). The van der Waals surface area contributed by atoms with E-state index in [9.17, 15) is 4.79 Å². The quantitative estimate of drug-likeness (QED) is 0.509. The van der Waals surface area contributed by atoms with E-state index in [2.05, 4.69) is 20.3 Å². The van der Waals surface area contributed by atoms with E-state index < -0.39 is 0 Å². The largest absolute Gasteiger partial charge is 0.338 e. The number of nitrogens with one attached hydrogen (secondary N) is 2. The van der Waals surface area contributed by atoms with Crippen LogP contribution in [0.3, 0.4) is 0 Å². The molecule has 0 atom stereocenters. The molecule has 0 aliphatic heterocycles. The summed E-state index contributed by atoms with van der Waals surface area (Å²) in [6.07, 6.45) is 3.11. The average Bonchev–Trinajstić information content (AvgIpc) is 3.26. The summed E-state index contributed by atoms with van der Waals surface area (Å²) in [4.78, 5) is 24.0. The number of aromatic nitrogens is 3. The Labute approximate surface area is 171 Å². The van der Waals surface area contributed by atoms with Gasteiger partial charge in [0.05, 0.1) is 22.5 Å². The summed E-state index contributed by atoms with van der Waals surface area (Å²) in [5.41, 5.74) is 3.73. The first-order valence-electron chi connectivity index (χ1n) is 8.72. The third-order valence-corrected chi connectivity index (χ3v) is 4.61. The number of rotatable bonds is 4. The lowest BCUT2D eigenvalue weighted by atomic mass is 10.1. The Bertz CT molecular complexity index is 1210. The van der Waals surface area contributed by atoms with Crippen molar-refractivity contribution in [3.8, 4) is 28.7 Å². The summed E-state index contributed by atoms with van der Waals surface area (Å²) in [6, 6.07) is 20.0. The molecule has 4 rings (SSSR count). The Morgan fingerprint density at radius 2 is 1.86 bits per heavy atom. The van der Waals surface area contributed by atoms with E-state index in [0.29, 0.717) is 27.7 Å². The van der Waals surface area contributed by atoms with E-state index in [1.807, 2.05) is 36.4 Å². The molecule has 0 unspecified atom stereocenters. The van der Waals surface area contributed by atoms with Crippen molar-refractivity contribution < 1.29 is 4.79 Å². The number of imidazole rings is 1. The number of nitriles is 1. The molecule has 2 N–H and O–H groups in total. The number of carbonyl (C=O) groups is 1. The van der Waals surface area contributed by atoms with E-state index in [4.69, 9.17) is 16.9 Å². The number of H-pyrrole nitrogens is 1. The predicted molar refractivity (Wildman–Crippen MR) is 111 cm³/mol. The lowest BCUT2D eigenvalue weighted by Crippen LogP contribution is -2.12. The normalized spacial score (nSPS) is 10.3. The minimum absolute atomic E-state index is 0.252. The highest BCUT2D eigenvalue weighted by Gasteiger charge is 2.12. The van der Waals surface area contributed by atoms with Crippen molar-refractivity contribution in [2.45, 2.75) is 0 Å². The molecule has 2 aromatic carbocycles. The predicted octanol–water partition coefficient (Wildman–Crippen LogP) is 4.92. The first-order valence-corrected chi connectivity index (χ1v) is 9.10. The van der Waals surface area contributed by atoms with Crippen LogP contribution in [-0.4, -0.2) is 20.9 Å². The Morgan fingerprint density at radius 3 is 2.59 bits per heavy atom. The summed E-state index contributed by atoms with van der Waals surface area (Å²) in [7, 11) is 0. The molecule has 1 amide bonds. The zero-order chi connectivity index (χ0) is 20.2. The van der Waals surface area contributed by atoms with Crippen LogP contribution in [0.15, 0.2) is 73.1 Å². The van der Waals surface area contributed by atoms with Gasteiger partial charge in [-0.25, -0.2) is 9.97 Å². The Morgan fingerprint density at radius 1 is 1.03 bits per heavy atom. The molecule has 0 bridgehead atoms. The van der Waals surface area contributed by atoms with Crippen LogP contribution in [0.1, 0.15) is 16.1 Å². The summed E-state index contributed by atoms with van der Waals surface area (Å²) in [5, 5.41) is 12.1. The van der Waals surface area contributed by atoms with Gasteiger partial charge in [-0.2, -0.15) is 5.26 Å². The number of hydrogen-bond donors (Lipinski definition) is 2. The van der Waals surface area contributed by atoms with Gasteiger partial charge in [-0.15, -0.1) is 0 Å². The number of anilines is 1. The van der Waals surface area contributed by atoms with Crippen LogP contribution in [0.5, 0.6) is 0 Å². The second kappa shape index (κ2) is 7.97. The van der Waals surface area contributed by atoms with Gasteiger partial charge in [-0.1, -0.05) is 41.9 Å². The van der Waals surface area contributed by atoms with Gasteiger partial charge in [0.25, 0.3) is 5.91 Å². The Balaban J connectivity index is 1.59. The van der Waals surface area contributed by atoms with E-state index in [1.165, 1.54) is 12.3 Å². The van der Waals surface area contributed by atoms with Crippen LogP contribution < -0.4 is 5.32 Å². The van der Waals surface area contributed by atoms with Crippen molar-refractivity contribution in [2.75, 3.05) is 5.32 Å². The number of halogens is 1. The van der Waals surface area contributed by atoms with Crippen LogP contribution in [0.25, 0.3) is 22.6 Å². The molecular weight excluding hydrogens is 386 g/mol. The van der Waals surface area contributed by atoms with Crippen molar-refractivity contribution >= 4 is 23.2 Å². The SMILES string of the molecule is N#Cc1ccc(C(=O)Nc2ccc(Cl)c(-c3ncc(-c4ccccc4)[nH]3)c2)cn1. The smallest absolute Gasteiger partial charge is 0.257 e. The second-order valence-electron chi connectivity index (χ2n) is 6.20. The third kappa shape index (κ3) is 4.00. The zero-order valence-corrected chi connectivity index (χ0v) is 15.8. The molecular formula is C22H14ClN5O. The zero-order valence-electron chi connectivity index (χ0n) is 15.1. The van der Waals surface area contributed by atoms with Crippen molar-refractivity contribution in [1.82, 2.24) is 15.0 Å². The van der Waals surface area contributed by atoms with Crippen LogP contribution in [-0.2, 0) is 0 Å². The van der Waals surface area contributed by atoms with Gasteiger partial charge in [0.1, 0.15) is 17.6 Å². The van der Waals surface area contributed by atoms with Gasteiger partial charge in [0.15, 0.2) is 0 Å². The van der Waals surface area contributed by atoms with E-state index in [-0.39, 0.29) is 11.6 Å². The number of aromatic amines is 1. The van der Waals surface area contributed by atoms with Crippen LogP contribution in [0.2, 0.25) is 5.02 Å². The fraction of sp³-hybridized carbons (Fsp3) is 0. The first-order chi connectivity index (χ1) is 14.1. The fourth-order valence-electron chi connectivity index (χ4n) is 2.80. The molecule has 0 spiro atoms. The minimum atomic E-state index is -0.334. The molecule has 2 heterocycles. The topological polar surface area (TPSA) is 94.5 Å². The van der Waals surface area contributed by atoms with Crippen molar-refractivity contribution in [2.24, 2.45) is 0 Å². The molecule has 140 valence electrons. The maximum absolute atomic E-state index is 12.4. The van der Waals surface area contributed by atoms with E-state index in [1.54, 1.807) is 30.5 Å². The molecule has 0 saturated carbocycles. The lowest BCUT2D eigenvalue weighted by molar-refractivity contribution is 0.102. The maximum Gasteiger partial charge on any atom is 0.257 e. The minimum Gasteiger partial charge on any atom is -0.338 e. The first kappa shape index (κ1) is 18.4. The van der Waals surface area contributed by atoms with Gasteiger partial charge in [0.2, 0.25) is 0 Å². The highest BCUT2D eigenvalue weighted by Crippen LogP contribution is 2.30. The average molecular weight is 400 g/mol. The maximum atomic E-state index is 12.4. The summed E-state index contributed by atoms with van der Waals surface area (Å²) >= 11 is 6.36. The highest BCUT2D eigenvalue weighted by atomic mass is 35.5. The summed E-state index contributed by atoms with van der Waals surface area (Å²) in [6.45, 7) is 0. The molecule has 0 fully saturated rings. The molecule has 0 saturated heterocycles. The van der Waals surface area contributed by atoms with Crippen LogP contribution in [0.4, 0.5) is 5.69 Å². The second-order valence-corrected chi connectivity index (χ2v) is 6.61. The van der Waals surface area contributed by atoms with Gasteiger partial charge < -0.3 is 10.3 Å². The van der Waals surface area contributed by atoms with Crippen molar-refractivity contribution in [3.05, 3.63) is 89.3 Å².